The van der Waals surface area contributed by atoms with E-state index in [4.69, 9.17) is 5.11 Å². The number of hydrogen-bond acceptors (Lipinski definition) is 3. The van der Waals surface area contributed by atoms with Crippen LogP contribution in [-0.4, -0.2) is 42.1 Å². The first-order valence-corrected chi connectivity index (χ1v) is 8.06. The molecule has 0 radical (unpaired) electrons. The Morgan fingerprint density at radius 1 is 1.12 bits per heavy atom. The molecule has 2 aromatic carbocycles. The van der Waals surface area contributed by atoms with Crippen molar-refractivity contribution in [1.29, 1.82) is 0 Å². The quantitative estimate of drug-likeness (QED) is 0.907. The van der Waals surface area contributed by atoms with Gasteiger partial charge in [0.15, 0.2) is 17.4 Å². The van der Waals surface area contributed by atoms with E-state index < -0.39 is 29.3 Å². The van der Waals surface area contributed by atoms with Crippen LogP contribution in [-0.2, 0) is 0 Å². The number of amides is 1. The van der Waals surface area contributed by atoms with Gasteiger partial charge in [-0.3, -0.25) is 4.79 Å². The number of benzene rings is 2. The Morgan fingerprint density at radius 2 is 1.73 bits per heavy atom. The third kappa shape index (κ3) is 3.37. The van der Waals surface area contributed by atoms with Gasteiger partial charge in [0, 0.05) is 24.6 Å². The lowest BCUT2D eigenvalue weighted by Gasteiger charge is -2.17. The Hall–Kier alpha value is -2.96. The average Bonchev–Trinajstić information content (AvgIpc) is 3.11. The van der Waals surface area contributed by atoms with Gasteiger partial charge in [0.2, 0.25) is 0 Å². The molecule has 7 heteroatoms. The van der Waals surface area contributed by atoms with E-state index in [1.165, 1.54) is 17.0 Å². The second-order valence-electron chi connectivity index (χ2n) is 6.14. The zero-order valence-electron chi connectivity index (χ0n) is 14.0. The number of halogens is 2. The summed E-state index contributed by atoms with van der Waals surface area (Å²) in [5, 5.41) is 8.94. The van der Waals surface area contributed by atoms with Gasteiger partial charge in [0.1, 0.15) is 0 Å². The van der Waals surface area contributed by atoms with Crippen LogP contribution in [0.1, 0.15) is 38.6 Å². The molecule has 1 heterocycles. The number of aromatic carboxylic acids is 1. The molecular weight excluding hydrogens is 344 g/mol. The molecule has 1 aliphatic rings. The average molecular weight is 361 g/mol. The van der Waals surface area contributed by atoms with Crippen LogP contribution in [0.15, 0.2) is 36.4 Å². The molecule has 1 atom stereocenters. The summed E-state index contributed by atoms with van der Waals surface area (Å²) in [5.41, 5.74) is 1.06. The fraction of sp³-hybridized carbons (Fsp3) is 0.263. The van der Waals surface area contributed by atoms with Crippen molar-refractivity contribution < 1.29 is 28.2 Å². The normalized spacial score (nSPS) is 16.6. The highest BCUT2D eigenvalue weighted by Crippen LogP contribution is 2.30. The van der Waals surface area contributed by atoms with Crippen molar-refractivity contribution in [2.75, 3.05) is 20.2 Å². The minimum Gasteiger partial charge on any atom is -0.491 e. The zero-order chi connectivity index (χ0) is 18.8. The van der Waals surface area contributed by atoms with Crippen molar-refractivity contribution in [3.63, 3.8) is 0 Å². The zero-order valence-corrected chi connectivity index (χ0v) is 14.0. The molecule has 2 aromatic rings. The molecule has 0 bridgehead atoms. The van der Waals surface area contributed by atoms with E-state index >= 15 is 0 Å². The van der Waals surface area contributed by atoms with Crippen molar-refractivity contribution in [1.82, 2.24) is 4.90 Å². The summed E-state index contributed by atoms with van der Waals surface area (Å²) >= 11 is 0. The second-order valence-corrected chi connectivity index (χ2v) is 6.14. The third-order valence-corrected chi connectivity index (χ3v) is 4.55. The maximum atomic E-state index is 13.8. The van der Waals surface area contributed by atoms with Crippen LogP contribution in [0, 0.1) is 11.6 Å². The van der Waals surface area contributed by atoms with Crippen LogP contribution in [0.2, 0.25) is 0 Å². The number of ether oxygens (including phenoxy) is 1. The van der Waals surface area contributed by atoms with Gasteiger partial charge in [0.05, 0.1) is 12.7 Å². The molecule has 1 N–H and O–H groups in total. The molecule has 1 saturated heterocycles. The number of carboxylic acid groups (broad SMARTS) is 1. The molecule has 5 nitrogen and oxygen atoms in total. The number of carbonyl (C=O) groups is 2. The van der Waals surface area contributed by atoms with Crippen molar-refractivity contribution in [3.8, 4) is 5.75 Å². The monoisotopic (exact) mass is 361 g/mol. The minimum absolute atomic E-state index is 0.0507. The summed E-state index contributed by atoms with van der Waals surface area (Å²) in [6, 6.07) is 8.45. The van der Waals surface area contributed by atoms with Gasteiger partial charge < -0.3 is 14.7 Å². The molecular formula is C19H17F2NO4. The Kier molecular flexibility index (Phi) is 4.88. The fourth-order valence-corrected chi connectivity index (χ4v) is 3.18. The maximum absolute atomic E-state index is 13.8. The minimum atomic E-state index is -0.997. The standard InChI is InChI=1S/C19H17F2NO4/c1-26-17-15(20)8-14(9-16(17)21)18(23)22-7-6-13(10-22)11-2-4-12(5-3-11)19(24)25/h2-5,8-9,13H,6-7,10H2,1H3,(H,24,25)/t13-/m1/s1. The molecule has 1 amide bonds. The molecule has 1 fully saturated rings. The number of hydrogen-bond donors (Lipinski definition) is 1. The molecule has 0 aliphatic carbocycles. The number of methoxy groups -OCH3 is 1. The summed E-state index contributed by atoms with van der Waals surface area (Å²) in [6.45, 7) is 0.861. The first-order valence-electron chi connectivity index (χ1n) is 8.06. The van der Waals surface area contributed by atoms with Gasteiger partial charge in [-0.1, -0.05) is 12.1 Å². The summed E-state index contributed by atoms with van der Waals surface area (Å²) in [7, 11) is 1.16. The number of likely N-dealkylation sites (tertiary alicyclic amines) is 1. The summed E-state index contributed by atoms with van der Waals surface area (Å²) in [5.74, 6) is -3.75. The van der Waals surface area contributed by atoms with Crippen LogP contribution in [0.3, 0.4) is 0 Å². The van der Waals surface area contributed by atoms with E-state index in [0.717, 1.165) is 24.8 Å². The van der Waals surface area contributed by atoms with E-state index in [1.54, 1.807) is 12.1 Å². The van der Waals surface area contributed by atoms with Crippen LogP contribution < -0.4 is 4.74 Å². The molecule has 1 aliphatic heterocycles. The summed E-state index contributed by atoms with van der Waals surface area (Å²) < 4.78 is 32.3. The second kappa shape index (κ2) is 7.11. The number of nitrogens with zero attached hydrogens (tertiary/aromatic N) is 1. The lowest BCUT2D eigenvalue weighted by atomic mass is 9.97. The molecule has 0 saturated carbocycles. The predicted octanol–water partition coefficient (Wildman–Crippen LogP) is 3.30. The first-order chi connectivity index (χ1) is 12.4. The van der Waals surface area contributed by atoms with E-state index in [-0.39, 0.29) is 17.0 Å². The SMILES string of the molecule is COc1c(F)cc(C(=O)N2CC[C@@H](c3ccc(C(=O)O)cc3)C2)cc1F. The topological polar surface area (TPSA) is 66.8 Å². The van der Waals surface area contributed by atoms with Gasteiger partial charge in [-0.05, 0) is 36.2 Å². The molecule has 0 unspecified atom stereocenters. The summed E-state index contributed by atoms with van der Waals surface area (Å²) in [6.07, 6.45) is 0.694. The van der Waals surface area contributed by atoms with Gasteiger partial charge in [0.25, 0.3) is 5.91 Å². The van der Waals surface area contributed by atoms with Gasteiger partial charge in [-0.25, -0.2) is 13.6 Å². The predicted molar refractivity (Wildman–Crippen MR) is 89.6 cm³/mol. The van der Waals surface area contributed by atoms with E-state index in [9.17, 15) is 18.4 Å². The smallest absolute Gasteiger partial charge is 0.335 e. The van der Waals surface area contributed by atoms with E-state index in [0.29, 0.717) is 19.5 Å². The third-order valence-electron chi connectivity index (χ3n) is 4.55. The highest BCUT2D eigenvalue weighted by Gasteiger charge is 2.29. The Labute approximate surface area is 148 Å². The van der Waals surface area contributed by atoms with Gasteiger partial charge >= 0.3 is 5.97 Å². The lowest BCUT2D eigenvalue weighted by molar-refractivity contribution is 0.0696. The lowest BCUT2D eigenvalue weighted by Crippen LogP contribution is -2.28. The van der Waals surface area contributed by atoms with Crippen LogP contribution in [0.4, 0.5) is 8.78 Å². The van der Waals surface area contributed by atoms with Crippen molar-refractivity contribution in [3.05, 3.63) is 64.7 Å². The van der Waals surface area contributed by atoms with Crippen LogP contribution >= 0.6 is 0 Å². The maximum Gasteiger partial charge on any atom is 0.335 e. The number of carboxylic acids is 1. The molecule has 0 spiro atoms. The molecule has 136 valence electrons. The Balaban J connectivity index is 1.74. The van der Waals surface area contributed by atoms with Crippen molar-refractivity contribution >= 4 is 11.9 Å². The largest absolute Gasteiger partial charge is 0.491 e. The van der Waals surface area contributed by atoms with Gasteiger partial charge in [-0.15, -0.1) is 0 Å². The van der Waals surface area contributed by atoms with Gasteiger partial charge in [-0.2, -0.15) is 0 Å². The van der Waals surface area contributed by atoms with Crippen molar-refractivity contribution in [2.45, 2.75) is 12.3 Å². The highest BCUT2D eigenvalue weighted by molar-refractivity contribution is 5.94. The first kappa shape index (κ1) is 17.8. The van der Waals surface area contributed by atoms with E-state index in [2.05, 4.69) is 4.74 Å². The Morgan fingerprint density at radius 3 is 2.27 bits per heavy atom. The highest BCUT2D eigenvalue weighted by atomic mass is 19.1. The Bertz CT molecular complexity index is 828. The van der Waals surface area contributed by atoms with Crippen LogP contribution in [0.25, 0.3) is 0 Å². The summed E-state index contributed by atoms with van der Waals surface area (Å²) in [4.78, 5) is 25.0. The molecule has 26 heavy (non-hydrogen) atoms. The molecule has 3 rings (SSSR count). The van der Waals surface area contributed by atoms with E-state index in [1.807, 2.05) is 0 Å². The fourth-order valence-electron chi connectivity index (χ4n) is 3.18. The number of carbonyl (C=O) groups excluding carboxylic acids is 1. The van der Waals surface area contributed by atoms with Crippen LogP contribution in [0.5, 0.6) is 5.75 Å². The molecule has 0 aromatic heterocycles. The number of rotatable bonds is 4. The van der Waals surface area contributed by atoms with Crippen molar-refractivity contribution in [2.24, 2.45) is 0 Å².